The number of amides is 8. The minimum Gasteiger partial charge on any atom is -0.370 e. The highest BCUT2D eigenvalue weighted by Gasteiger charge is 2.34. The summed E-state index contributed by atoms with van der Waals surface area (Å²) in [4.78, 5) is 115. The number of hydrogen-bond donors (Lipinski definition) is 9. The monoisotopic (exact) mass is 964 g/mol. The second-order valence-corrected chi connectivity index (χ2v) is 18.4. The van der Waals surface area contributed by atoms with E-state index in [-0.39, 0.29) is 75.8 Å². The predicted molar refractivity (Wildman–Crippen MR) is 263 cm³/mol. The zero-order valence-corrected chi connectivity index (χ0v) is 40.6. The lowest BCUT2D eigenvalue weighted by molar-refractivity contribution is -0.140. The summed E-state index contributed by atoms with van der Waals surface area (Å²) in [7, 11) is 0. The molecule has 0 spiro atoms. The fourth-order valence-electron chi connectivity index (χ4n) is 7.60. The van der Waals surface area contributed by atoms with E-state index in [1.807, 2.05) is 44.4 Å². The maximum atomic E-state index is 14.9. The van der Waals surface area contributed by atoms with Gasteiger partial charge in [-0.25, -0.2) is 0 Å². The summed E-state index contributed by atoms with van der Waals surface area (Å²) < 4.78 is 0. The van der Waals surface area contributed by atoms with Crippen molar-refractivity contribution in [3.63, 3.8) is 0 Å². The van der Waals surface area contributed by atoms with E-state index in [0.29, 0.717) is 61.9 Å². The van der Waals surface area contributed by atoms with Gasteiger partial charge in [-0.3, -0.25) is 43.3 Å². The Bertz CT molecular complexity index is 1970. The van der Waals surface area contributed by atoms with Gasteiger partial charge in [-0.2, -0.15) is 11.8 Å². The van der Waals surface area contributed by atoms with E-state index in [2.05, 4.69) is 36.9 Å². The number of primary amides is 1. The van der Waals surface area contributed by atoms with Crippen molar-refractivity contribution < 1.29 is 38.4 Å². The molecule has 1 saturated heterocycles. The predicted octanol–water partition coefficient (Wildman–Crippen LogP) is 0.923. The SMILES string of the molecule is CSCC[C@H](NC(=O)[C@H](CC(C)C)NC(=O)CN1CCCCCCNC(=O)CCCC(=O)N[C@@H](CCCN=C(N)N)C(=O)N[C@@H](Cc2ccccc2)C(=O)N[C@@H](Cc2ccccc2)C1=O)C(N)=O. The van der Waals surface area contributed by atoms with Crippen molar-refractivity contribution in [3.05, 3.63) is 71.8 Å². The third-order valence-corrected chi connectivity index (χ3v) is 11.8. The maximum Gasteiger partial charge on any atom is 0.245 e. The first-order chi connectivity index (χ1) is 32.6. The van der Waals surface area contributed by atoms with Crippen LogP contribution in [0.3, 0.4) is 0 Å². The Morgan fingerprint density at radius 3 is 1.97 bits per heavy atom. The number of hydrogen-bond acceptors (Lipinski definition) is 10. The Hall–Kier alpha value is -6.18. The van der Waals surface area contributed by atoms with Crippen LogP contribution in [0.2, 0.25) is 0 Å². The highest BCUT2D eigenvalue weighted by Crippen LogP contribution is 2.13. The molecule has 19 nitrogen and oxygen atoms in total. The molecule has 8 amide bonds. The molecule has 20 heteroatoms. The van der Waals surface area contributed by atoms with Crippen LogP contribution in [0.4, 0.5) is 0 Å². The smallest absolute Gasteiger partial charge is 0.245 e. The minimum absolute atomic E-state index is 0.0173. The summed E-state index contributed by atoms with van der Waals surface area (Å²) >= 11 is 1.50. The van der Waals surface area contributed by atoms with Gasteiger partial charge < -0.3 is 54.0 Å². The molecule has 12 N–H and O–H groups in total. The van der Waals surface area contributed by atoms with Crippen LogP contribution in [-0.4, -0.2) is 127 Å². The molecule has 0 radical (unpaired) electrons. The normalized spacial score (nSPS) is 19.4. The Balaban J connectivity index is 2.04. The molecule has 2 aromatic rings. The molecule has 1 aliphatic heterocycles. The molecule has 0 unspecified atom stereocenters. The molecule has 1 fully saturated rings. The van der Waals surface area contributed by atoms with Gasteiger partial charge in [0.2, 0.25) is 47.3 Å². The number of rotatable bonds is 19. The molecule has 0 aromatic heterocycles. The Kier molecular flexibility index (Phi) is 25.6. The van der Waals surface area contributed by atoms with Gasteiger partial charge in [-0.15, -0.1) is 0 Å². The topological polar surface area (TPSA) is 302 Å². The summed E-state index contributed by atoms with van der Waals surface area (Å²) in [5, 5.41) is 16.9. The summed E-state index contributed by atoms with van der Waals surface area (Å²) in [6.45, 7) is 4.00. The van der Waals surface area contributed by atoms with Gasteiger partial charge in [0, 0.05) is 45.3 Å². The maximum absolute atomic E-state index is 14.9. The molecule has 3 rings (SSSR count). The van der Waals surface area contributed by atoms with Crippen LogP contribution in [0.15, 0.2) is 65.7 Å². The van der Waals surface area contributed by atoms with E-state index in [1.165, 1.54) is 16.7 Å². The molecule has 374 valence electrons. The van der Waals surface area contributed by atoms with Crippen LogP contribution < -0.4 is 49.1 Å². The standard InChI is InChI=1S/C48H73N11O8S/c1-32(2)28-37(45(65)56-35(43(49)63)23-27-68-3)55-42(62)31-59-26-13-5-4-12-24-52-40(60)21-14-22-41(61)54-36(20-15-25-53-48(50)51)44(64)57-38(29-33-16-8-6-9-17-33)46(66)58-39(47(59)67)30-34-18-10-7-11-19-34/h6-11,16-19,32,35-39H,4-5,12-15,20-31H2,1-3H3,(H2,49,63)(H,52,60)(H,54,61)(H,55,62)(H,56,65)(H,57,64)(H,58,66)(H4,50,51,53)/t35-,36-,37-,38-,39-/m0/s1. The van der Waals surface area contributed by atoms with E-state index in [1.54, 1.807) is 36.4 Å². The Morgan fingerprint density at radius 2 is 1.35 bits per heavy atom. The van der Waals surface area contributed by atoms with Crippen molar-refractivity contribution >= 4 is 65.0 Å². The van der Waals surface area contributed by atoms with Crippen molar-refractivity contribution in [3.8, 4) is 0 Å². The van der Waals surface area contributed by atoms with Gasteiger partial charge in [-0.05, 0) is 74.0 Å². The van der Waals surface area contributed by atoms with Crippen molar-refractivity contribution in [2.75, 3.05) is 38.2 Å². The first kappa shape index (κ1) is 56.1. The summed E-state index contributed by atoms with van der Waals surface area (Å²) in [6.07, 6.45) is 5.65. The van der Waals surface area contributed by atoms with Gasteiger partial charge in [0.15, 0.2) is 5.96 Å². The molecule has 68 heavy (non-hydrogen) atoms. The number of guanidine groups is 1. The molecule has 0 bridgehead atoms. The number of nitrogens with one attached hydrogen (secondary N) is 6. The van der Waals surface area contributed by atoms with Crippen LogP contribution >= 0.6 is 11.8 Å². The number of benzene rings is 2. The molecular formula is C48H73N11O8S. The van der Waals surface area contributed by atoms with Crippen LogP contribution in [-0.2, 0) is 51.2 Å². The zero-order chi connectivity index (χ0) is 49.8. The van der Waals surface area contributed by atoms with E-state index < -0.39 is 78.1 Å². The van der Waals surface area contributed by atoms with E-state index in [0.717, 1.165) is 0 Å². The second kappa shape index (κ2) is 31.0. The number of thioether (sulfide) groups is 1. The number of nitrogens with zero attached hydrogens (tertiary/aromatic N) is 2. The average molecular weight is 964 g/mol. The third kappa shape index (κ3) is 22.1. The van der Waals surface area contributed by atoms with Crippen LogP contribution in [0.5, 0.6) is 0 Å². The zero-order valence-electron chi connectivity index (χ0n) is 39.8. The quantitative estimate of drug-likeness (QED) is 0.0542. The highest BCUT2D eigenvalue weighted by atomic mass is 32.2. The Labute approximate surface area is 404 Å². The number of aliphatic imine (C=N–C) groups is 1. The molecule has 5 atom stereocenters. The van der Waals surface area contributed by atoms with Gasteiger partial charge in [0.1, 0.15) is 30.2 Å². The van der Waals surface area contributed by atoms with Crippen LogP contribution in [0.1, 0.15) is 95.6 Å². The van der Waals surface area contributed by atoms with Crippen molar-refractivity contribution in [2.24, 2.45) is 28.1 Å². The Morgan fingerprint density at radius 1 is 0.750 bits per heavy atom. The lowest BCUT2D eigenvalue weighted by Gasteiger charge is -2.30. The summed E-state index contributed by atoms with van der Waals surface area (Å²) in [5.41, 5.74) is 18.0. The fourth-order valence-corrected chi connectivity index (χ4v) is 8.07. The van der Waals surface area contributed by atoms with Gasteiger partial charge in [-0.1, -0.05) is 87.4 Å². The van der Waals surface area contributed by atoms with Crippen LogP contribution in [0, 0.1) is 5.92 Å². The molecule has 2 aromatic carbocycles. The number of carbonyl (C=O) groups is 8. The molecule has 0 saturated carbocycles. The van der Waals surface area contributed by atoms with E-state index in [4.69, 9.17) is 17.2 Å². The minimum atomic E-state index is -1.23. The highest BCUT2D eigenvalue weighted by molar-refractivity contribution is 7.98. The van der Waals surface area contributed by atoms with Crippen molar-refractivity contribution in [1.82, 2.24) is 36.8 Å². The van der Waals surface area contributed by atoms with E-state index >= 15 is 0 Å². The second-order valence-electron chi connectivity index (χ2n) is 17.4. The molecular weight excluding hydrogens is 891 g/mol. The number of nitrogens with two attached hydrogens (primary N) is 3. The lowest BCUT2D eigenvalue weighted by Crippen LogP contribution is -2.59. The van der Waals surface area contributed by atoms with E-state index in [9.17, 15) is 38.4 Å². The fraction of sp³-hybridized carbons (Fsp3) is 0.562. The average Bonchev–Trinajstić information content (AvgIpc) is 3.29. The first-order valence-electron chi connectivity index (χ1n) is 23.5. The molecule has 0 aliphatic carbocycles. The summed E-state index contributed by atoms with van der Waals surface area (Å²) in [5.74, 6) is -4.10. The lowest BCUT2D eigenvalue weighted by atomic mass is 10.0. The largest absolute Gasteiger partial charge is 0.370 e. The first-order valence-corrected chi connectivity index (χ1v) is 24.9. The number of carbonyl (C=O) groups excluding carboxylic acids is 8. The van der Waals surface area contributed by atoms with Crippen molar-refractivity contribution in [1.29, 1.82) is 0 Å². The van der Waals surface area contributed by atoms with Crippen LogP contribution in [0.25, 0.3) is 0 Å². The van der Waals surface area contributed by atoms with Gasteiger partial charge in [0.25, 0.3) is 0 Å². The third-order valence-electron chi connectivity index (χ3n) is 11.2. The summed E-state index contributed by atoms with van der Waals surface area (Å²) in [6, 6.07) is 12.5. The molecule has 1 heterocycles. The van der Waals surface area contributed by atoms with Crippen molar-refractivity contribution in [2.45, 2.75) is 128 Å². The molecule has 1 aliphatic rings. The van der Waals surface area contributed by atoms with Gasteiger partial charge >= 0.3 is 0 Å². The van der Waals surface area contributed by atoms with Gasteiger partial charge in [0.05, 0.1) is 6.54 Å².